The molecule has 4 rings (SSSR count). The predicted molar refractivity (Wildman–Crippen MR) is 165 cm³/mol. The van der Waals surface area contributed by atoms with Crippen LogP contribution >= 0.6 is 23.2 Å². The number of nitrogens with zero attached hydrogens (tertiary/aromatic N) is 3. The summed E-state index contributed by atoms with van der Waals surface area (Å²) in [5, 5.41) is 20.4. The molecule has 0 bridgehead atoms. The van der Waals surface area contributed by atoms with Crippen LogP contribution in [0.25, 0.3) is 11.3 Å². The molecule has 0 spiro atoms. The number of carboxylic acid groups (broad SMARTS) is 1. The molecule has 12 nitrogen and oxygen atoms in total. The van der Waals surface area contributed by atoms with Crippen molar-refractivity contribution in [2.75, 3.05) is 62.6 Å². The first-order valence-electron chi connectivity index (χ1n) is 13.3. The molecule has 0 atom stereocenters. The highest BCUT2D eigenvalue weighted by atomic mass is 35.5. The van der Waals surface area contributed by atoms with Gasteiger partial charge in [0.2, 0.25) is 0 Å². The third-order valence-electron chi connectivity index (χ3n) is 5.96. The average Bonchev–Trinajstić information content (AvgIpc) is 3.46. The molecule has 4 N–H and O–H groups in total. The Labute approximate surface area is 258 Å². The Balaban J connectivity index is 1.52. The van der Waals surface area contributed by atoms with Gasteiger partial charge in [0.05, 0.1) is 50.3 Å². The van der Waals surface area contributed by atoms with Crippen LogP contribution in [0.1, 0.15) is 21.9 Å². The van der Waals surface area contributed by atoms with E-state index >= 15 is 0 Å². The summed E-state index contributed by atoms with van der Waals surface area (Å²) >= 11 is 12.5. The molecule has 3 heterocycles. The smallest absolute Gasteiger partial charge is 0.339 e. The van der Waals surface area contributed by atoms with Crippen LogP contribution in [0.3, 0.4) is 0 Å². The average molecular weight is 632 g/mol. The van der Waals surface area contributed by atoms with Crippen LogP contribution in [0.2, 0.25) is 10.0 Å². The highest BCUT2D eigenvalue weighted by Gasteiger charge is 2.18. The number of rotatable bonds is 17. The summed E-state index contributed by atoms with van der Waals surface area (Å²) in [4.78, 5) is 24.9. The molecular formula is C29H32Cl2N6O6. The van der Waals surface area contributed by atoms with E-state index in [4.69, 9.17) is 41.8 Å². The molecule has 0 unspecified atom stereocenters. The Morgan fingerprint density at radius 1 is 0.977 bits per heavy atom. The van der Waals surface area contributed by atoms with Crippen molar-refractivity contribution in [1.29, 1.82) is 0 Å². The Bertz CT molecular complexity index is 1520. The molecule has 43 heavy (non-hydrogen) atoms. The van der Waals surface area contributed by atoms with Crippen LogP contribution in [0.5, 0.6) is 0 Å². The summed E-state index contributed by atoms with van der Waals surface area (Å²) in [6.45, 7) is 4.77. The van der Waals surface area contributed by atoms with Crippen LogP contribution in [0.15, 0.2) is 53.2 Å². The molecule has 0 aliphatic heterocycles. The number of hydrogen-bond acceptors (Lipinski definition) is 11. The number of nitrogens with one attached hydrogen (secondary N) is 3. The second-order valence-electron chi connectivity index (χ2n) is 9.08. The van der Waals surface area contributed by atoms with Crippen molar-refractivity contribution in [3.63, 3.8) is 0 Å². The van der Waals surface area contributed by atoms with Gasteiger partial charge in [-0.1, -0.05) is 23.2 Å². The van der Waals surface area contributed by atoms with Crippen molar-refractivity contribution in [2.45, 2.75) is 13.5 Å². The number of aryl methyl sites for hydroxylation is 1. The van der Waals surface area contributed by atoms with Gasteiger partial charge in [-0.25, -0.2) is 14.8 Å². The van der Waals surface area contributed by atoms with Crippen LogP contribution in [-0.4, -0.2) is 72.7 Å². The second-order valence-corrected chi connectivity index (χ2v) is 9.93. The zero-order valence-electron chi connectivity index (χ0n) is 23.7. The van der Waals surface area contributed by atoms with E-state index in [0.717, 1.165) is 0 Å². The van der Waals surface area contributed by atoms with Gasteiger partial charge < -0.3 is 39.7 Å². The number of furan rings is 1. The predicted octanol–water partition coefficient (Wildman–Crippen LogP) is 5.89. The van der Waals surface area contributed by atoms with E-state index in [1.54, 1.807) is 38.3 Å². The van der Waals surface area contributed by atoms with Crippen molar-refractivity contribution in [3.8, 4) is 11.3 Å². The van der Waals surface area contributed by atoms with E-state index in [0.29, 0.717) is 95.5 Å². The fourth-order valence-electron chi connectivity index (χ4n) is 3.95. The minimum absolute atomic E-state index is 0.00517. The zero-order valence-corrected chi connectivity index (χ0v) is 25.2. The number of ether oxygens (including phenoxy) is 3. The summed E-state index contributed by atoms with van der Waals surface area (Å²) in [6.07, 6.45) is 2.77. The van der Waals surface area contributed by atoms with Gasteiger partial charge in [-0.05, 0) is 43.3 Å². The summed E-state index contributed by atoms with van der Waals surface area (Å²) in [7, 11) is 1.62. The fourth-order valence-corrected chi connectivity index (χ4v) is 4.33. The molecule has 228 valence electrons. The third kappa shape index (κ3) is 9.27. The SMILES string of the molecule is COCCOCCOCCNc1nc(C)nc(Nc2ccncc2C(=O)O)c1NCc1ccc(-c2cc(Cl)ccc2Cl)o1. The number of pyridine rings is 1. The van der Waals surface area contributed by atoms with E-state index < -0.39 is 5.97 Å². The van der Waals surface area contributed by atoms with Crippen LogP contribution in [0.4, 0.5) is 23.0 Å². The summed E-state index contributed by atoms with van der Waals surface area (Å²) in [5.41, 5.74) is 1.49. The molecule has 14 heteroatoms. The molecule has 0 fully saturated rings. The Hall–Kier alpha value is -3.94. The molecule has 0 aliphatic rings. The second kappa shape index (κ2) is 16.1. The molecule has 1 aromatic carbocycles. The van der Waals surface area contributed by atoms with E-state index in [-0.39, 0.29) is 12.1 Å². The lowest BCUT2D eigenvalue weighted by molar-refractivity contribution is 0.0272. The number of halogens is 2. The molecule has 0 saturated heterocycles. The maximum absolute atomic E-state index is 11.8. The third-order valence-corrected chi connectivity index (χ3v) is 6.53. The Kier molecular flexibility index (Phi) is 11.9. The number of carbonyl (C=O) groups is 1. The highest BCUT2D eigenvalue weighted by molar-refractivity contribution is 6.35. The number of hydrogen-bond donors (Lipinski definition) is 4. The first kappa shape index (κ1) is 32.0. The maximum Gasteiger partial charge on any atom is 0.339 e. The van der Waals surface area contributed by atoms with Gasteiger partial charge in [0.25, 0.3) is 0 Å². The summed E-state index contributed by atoms with van der Waals surface area (Å²) in [6, 6.07) is 10.4. The van der Waals surface area contributed by atoms with Gasteiger partial charge in [-0.15, -0.1) is 0 Å². The van der Waals surface area contributed by atoms with E-state index in [9.17, 15) is 9.90 Å². The minimum atomic E-state index is -1.12. The normalized spacial score (nSPS) is 11.0. The minimum Gasteiger partial charge on any atom is -0.478 e. The summed E-state index contributed by atoms with van der Waals surface area (Å²) < 4.78 is 22.1. The lowest BCUT2D eigenvalue weighted by atomic mass is 10.2. The molecule has 0 saturated carbocycles. The van der Waals surface area contributed by atoms with Gasteiger partial charge in [0, 0.05) is 36.6 Å². The van der Waals surface area contributed by atoms with Gasteiger partial charge in [-0.3, -0.25) is 4.98 Å². The van der Waals surface area contributed by atoms with Crippen LogP contribution in [-0.2, 0) is 20.8 Å². The number of aromatic carboxylic acids is 1. The Morgan fingerprint density at radius 3 is 2.53 bits per heavy atom. The highest BCUT2D eigenvalue weighted by Crippen LogP contribution is 2.34. The molecule has 3 aromatic heterocycles. The molecule has 0 radical (unpaired) electrons. The quantitative estimate of drug-likeness (QED) is 0.103. The lowest BCUT2D eigenvalue weighted by Gasteiger charge is -2.18. The van der Waals surface area contributed by atoms with Crippen LogP contribution < -0.4 is 16.0 Å². The van der Waals surface area contributed by atoms with E-state index in [1.807, 2.05) is 12.1 Å². The molecule has 4 aromatic rings. The first-order chi connectivity index (χ1) is 20.9. The lowest BCUT2D eigenvalue weighted by Crippen LogP contribution is -2.17. The molecular weight excluding hydrogens is 599 g/mol. The fraction of sp³-hybridized carbons (Fsp3) is 0.310. The van der Waals surface area contributed by atoms with Crippen LogP contribution in [0, 0.1) is 6.92 Å². The van der Waals surface area contributed by atoms with E-state index in [2.05, 4.69) is 30.9 Å². The topological polar surface area (TPSA) is 153 Å². The Morgan fingerprint density at radius 2 is 1.74 bits per heavy atom. The maximum atomic E-state index is 11.8. The number of benzene rings is 1. The summed E-state index contributed by atoms with van der Waals surface area (Å²) in [5.74, 6) is 1.36. The van der Waals surface area contributed by atoms with E-state index in [1.165, 1.54) is 12.4 Å². The number of anilines is 4. The standard InChI is InChI=1S/C29H32Cl2N6O6/c1-18-35-27(33-9-10-41-13-14-42-12-11-40-2)26(28(36-18)37-24-7-8-32-17-22(24)29(38)39)34-16-20-4-6-25(43-20)21-15-19(30)3-5-23(21)31/h3-8,15,17,34H,9-14,16H2,1-2H3,(H,38,39)(H2,32,33,35,36,37). The monoisotopic (exact) mass is 630 g/mol. The largest absolute Gasteiger partial charge is 0.478 e. The zero-order chi connectivity index (χ0) is 30.6. The van der Waals surface area contributed by atoms with Crippen molar-refractivity contribution < 1.29 is 28.5 Å². The van der Waals surface area contributed by atoms with Crippen molar-refractivity contribution in [1.82, 2.24) is 15.0 Å². The van der Waals surface area contributed by atoms with Crippen molar-refractivity contribution >= 4 is 52.2 Å². The van der Waals surface area contributed by atoms with Crippen molar-refractivity contribution in [2.24, 2.45) is 0 Å². The van der Waals surface area contributed by atoms with Crippen molar-refractivity contribution in [3.05, 3.63) is 76.0 Å². The van der Waals surface area contributed by atoms with Gasteiger partial charge in [0.1, 0.15) is 28.6 Å². The first-order valence-corrected chi connectivity index (χ1v) is 14.1. The number of aromatic nitrogens is 3. The van der Waals surface area contributed by atoms with Gasteiger partial charge in [-0.2, -0.15) is 0 Å². The number of methoxy groups -OCH3 is 1. The van der Waals surface area contributed by atoms with Gasteiger partial charge >= 0.3 is 5.97 Å². The molecule has 0 aliphatic carbocycles. The number of carboxylic acids is 1. The molecule has 0 amide bonds. The van der Waals surface area contributed by atoms with Gasteiger partial charge in [0.15, 0.2) is 11.6 Å².